The Hall–Kier alpha value is -1.69. The van der Waals surface area contributed by atoms with Gasteiger partial charge in [0, 0.05) is 11.3 Å². The quantitative estimate of drug-likeness (QED) is 0.858. The first-order chi connectivity index (χ1) is 7.74. The van der Waals surface area contributed by atoms with Crippen molar-refractivity contribution in [3.63, 3.8) is 0 Å². The van der Waals surface area contributed by atoms with Gasteiger partial charge in [0.2, 0.25) is 5.89 Å². The van der Waals surface area contributed by atoms with Crippen LogP contribution in [0, 0.1) is 0 Å². The summed E-state index contributed by atoms with van der Waals surface area (Å²) in [5.74, 6) is 0.126. The SMILES string of the molecule is O=C(O)CCc1noc(Cc2cccs2)n1. The molecule has 0 aliphatic rings. The van der Waals surface area contributed by atoms with Gasteiger partial charge in [-0.05, 0) is 11.4 Å². The zero-order valence-electron chi connectivity index (χ0n) is 8.42. The van der Waals surface area contributed by atoms with E-state index in [0.29, 0.717) is 24.6 Å². The number of carbonyl (C=O) groups is 1. The van der Waals surface area contributed by atoms with Crippen LogP contribution in [0.3, 0.4) is 0 Å². The number of aromatic nitrogens is 2. The second-order valence-electron chi connectivity index (χ2n) is 3.25. The summed E-state index contributed by atoms with van der Waals surface area (Å²) in [7, 11) is 0. The Kier molecular flexibility index (Phi) is 3.31. The molecule has 0 aliphatic carbocycles. The third-order valence-corrected chi connectivity index (χ3v) is 2.85. The number of thiophene rings is 1. The molecule has 0 bridgehead atoms. The highest BCUT2D eigenvalue weighted by Crippen LogP contribution is 2.13. The lowest BCUT2D eigenvalue weighted by atomic mass is 10.3. The van der Waals surface area contributed by atoms with Crippen molar-refractivity contribution in [1.82, 2.24) is 10.1 Å². The van der Waals surface area contributed by atoms with Crippen molar-refractivity contribution in [3.05, 3.63) is 34.1 Å². The van der Waals surface area contributed by atoms with Crippen LogP contribution in [0.4, 0.5) is 0 Å². The molecule has 1 N–H and O–H groups in total. The molecule has 0 fully saturated rings. The van der Waals surface area contributed by atoms with E-state index in [9.17, 15) is 4.79 Å². The standard InChI is InChI=1S/C10H10N2O3S/c13-10(14)4-3-8-11-9(15-12-8)6-7-2-1-5-16-7/h1-2,5H,3-4,6H2,(H,13,14). The number of aliphatic carboxylic acids is 1. The second kappa shape index (κ2) is 4.89. The summed E-state index contributed by atoms with van der Waals surface area (Å²) in [6, 6.07) is 3.95. The van der Waals surface area contributed by atoms with E-state index >= 15 is 0 Å². The van der Waals surface area contributed by atoms with Gasteiger partial charge in [0.05, 0.1) is 12.8 Å². The molecule has 2 heterocycles. The van der Waals surface area contributed by atoms with Gasteiger partial charge in [-0.3, -0.25) is 4.79 Å². The lowest BCUT2D eigenvalue weighted by Crippen LogP contribution is -1.98. The Morgan fingerprint density at radius 1 is 1.56 bits per heavy atom. The molecule has 0 atom stereocenters. The minimum absolute atomic E-state index is 0.0258. The minimum Gasteiger partial charge on any atom is -0.481 e. The first-order valence-corrected chi connectivity index (χ1v) is 5.67. The van der Waals surface area contributed by atoms with Gasteiger partial charge >= 0.3 is 5.97 Å². The average molecular weight is 238 g/mol. The van der Waals surface area contributed by atoms with Crippen molar-refractivity contribution in [3.8, 4) is 0 Å². The van der Waals surface area contributed by atoms with Crippen LogP contribution >= 0.6 is 11.3 Å². The molecular formula is C10H10N2O3S. The van der Waals surface area contributed by atoms with E-state index in [1.54, 1.807) is 11.3 Å². The molecular weight excluding hydrogens is 228 g/mol. The van der Waals surface area contributed by atoms with E-state index < -0.39 is 5.97 Å². The minimum atomic E-state index is -0.857. The summed E-state index contributed by atoms with van der Waals surface area (Å²) in [6.07, 6.45) is 0.943. The fraction of sp³-hybridized carbons (Fsp3) is 0.300. The summed E-state index contributed by atoms with van der Waals surface area (Å²) in [5, 5.41) is 14.2. The van der Waals surface area contributed by atoms with Crippen LogP contribution in [0.5, 0.6) is 0 Å². The third kappa shape index (κ3) is 2.90. The Balaban J connectivity index is 1.94. The lowest BCUT2D eigenvalue weighted by Gasteiger charge is -1.88. The van der Waals surface area contributed by atoms with Gasteiger partial charge in [0.25, 0.3) is 0 Å². The fourth-order valence-electron chi connectivity index (χ4n) is 1.24. The second-order valence-corrected chi connectivity index (χ2v) is 4.29. The Bertz CT molecular complexity index is 464. The average Bonchev–Trinajstić information content (AvgIpc) is 2.87. The fourth-order valence-corrected chi connectivity index (χ4v) is 1.94. The Morgan fingerprint density at radius 3 is 3.12 bits per heavy atom. The number of carboxylic acids is 1. The van der Waals surface area contributed by atoms with Gasteiger partial charge in [-0.2, -0.15) is 4.98 Å². The molecule has 0 saturated heterocycles. The molecule has 5 nitrogen and oxygen atoms in total. The molecule has 2 aromatic rings. The number of rotatable bonds is 5. The van der Waals surface area contributed by atoms with Crippen LogP contribution in [-0.4, -0.2) is 21.2 Å². The van der Waals surface area contributed by atoms with Gasteiger partial charge < -0.3 is 9.63 Å². The Labute approximate surface area is 95.7 Å². The van der Waals surface area contributed by atoms with Crippen LogP contribution in [0.2, 0.25) is 0 Å². The van der Waals surface area contributed by atoms with Crippen LogP contribution < -0.4 is 0 Å². The highest BCUT2D eigenvalue weighted by molar-refractivity contribution is 7.09. The first-order valence-electron chi connectivity index (χ1n) is 4.79. The summed E-state index contributed by atoms with van der Waals surface area (Å²) in [6.45, 7) is 0. The molecule has 6 heteroatoms. The van der Waals surface area contributed by atoms with Gasteiger partial charge in [-0.25, -0.2) is 0 Å². The highest BCUT2D eigenvalue weighted by atomic mass is 32.1. The highest BCUT2D eigenvalue weighted by Gasteiger charge is 2.09. The summed E-state index contributed by atoms with van der Waals surface area (Å²) in [4.78, 5) is 15.6. The first kappa shape index (κ1) is 10.8. The van der Waals surface area contributed by atoms with Crippen LogP contribution in [0.15, 0.2) is 22.0 Å². The molecule has 0 radical (unpaired) electrons. The van der Waals surface area contributed by atoms with Crippen molar-refractivity contribution >= 4 is 17.3 Å². The molecule has 84 valence electrons. The molecule has 2 aromatic heterocycles. The zero-order chi connectivity index (χ0) is 11.4. The Morgan fingerprint density at radius 2 is 2.44 bits per heavy atom. The number of aryl methyl sites for hydroxylation is 1. The maximum atomic E-state index is 10.4. The monoisotopic (exact) mass is 238 g/mol. The molecule has 0 amide bonds. The topological polar surface area (TPSA) is 76.2 Å². The summed E-state index contributed by atoms with van der Waals surface area (Å²) in [5.41, 5.74) is 0. The molecule has 2 rings (SSSR count). The van der Waals surface area contributed by atoms with Gasteiger partial charge in [0.1, 0.15) is 0 Å². The molecule has 0 spiro atoms. The van der Waals surface area contributed by atoms with Crippen molar-refractivity contribution in [2.45, 2.75) is 19.3 Å². The van der Waals surface area contributed by atoms with E-state index in [0.717, 1.165) is 4.88 Å². The van der Waals surface area contributed by atoms with Crippen molar-refractivity contribution < 1.29 is 14.4 Å². The summed E-state index contributed by atoms with van der Waals surface area (Å²) < 4.78 is 5.02. The van der Waals surface area contributed by atoms with E-state index in [4.69, 9.17) is 9.63 Å². The maximum absolute atomic E-state index is 10.4. The predicted octanol–water partition coefficient (Wildman–Crippen LogP) is 1.74. The lowest BCUT2D eigenvalue weighted by molar-refractivity contribution is -0.137. The predicted molar refractivity (Wildman–Crippen MR) is 57.4 cm³/mol. The van der Waals surface area contributed by atoms with Gasteiger partial charge in [-0.15, -0.1) is 11.3 Å². The largest absolute Gasteiger partial charge is 0.481 e. The van der Waals surface area contributed by atoms with Crippen molar-refractivity contribution in [2.75, 3.05) is 0 Å². The molecule has 16 heavy (non-hydrogen) atoms. The smallest absolute Gasteiger partial charge is 0.303 e. The summed E-state index contributed by atoms with van der Waals surface area (Å²) >= 11 is 1.62. The van der Waals surface area contributed by atoms with Gasteiger partial charge in [0.15, 0.2) is 5.82 Å². The van der Waals surface area contributed by atoms with E-state index in [1.165, 1.54) is 0 Å². The van der Waals surface area contributed by atoms with Crippen LogP contribution in [0.25, 0.3) is 0 Å². The molecule has 0 unspecified atom stereocenters. The number of hydrogen-bond acceptors (Lipinski definition) is 5. The maximum Gasteiger partial charge on any atom is 0.303 e. The van der Waals surface area contributed by atoms with E-state index in [1.807, 2.05) is 17.5 Å². The van der Waals surface area contributed by atoms with Crippen LogP contribution in [-0.2, 0) is 17.6 Å². The van der Waals surface area contributed by atoms with Gasteiger partial charge in [-0.1, -0.05) is 11.2 Å². The van der Waals surface area contributed by atoms with E-state index in [-0.39, 0.29) is 6.42 Å². The van der Waals surface area contributed by atoms with E-state index in [2.05, 4.69) is 10.1 Å². The van der Waals surface area contributed by atoms with Crippen molar-refractivity contribution in [1.29, 1.82) is 0 Å². The number of hydrogen-bond donors (Lipinski definition) is 1. The molecule has 0 aromatic carbocycles. The zero-order valence-corrected chi connectivity index (χ0v) is 9.24. The normalized spacial score (nSPS) is 10.5. The third-order valence-electron chi connectivity index (χ3n) is 1.98. The van der Waals surface area contributed by atoms with Crippen LogP contribution in [0.1, 0.15) is 23.0 Å². The number of nitrogens with zero attached hydrogens (tertiary/aromatic N) is 2. The number of carboxylic acid groups (broad SMARTS) is 1. The molecule has 0 aliphatic heterocycles. The molecule has 0 saturated carbocycles. The van der Waals surface area contributed by atoms with Crippen molar-refractivity contribution in [2.24, 2.45) is 0 Å².